The number of halogens is 1. The van der Waals surface area contributed by atoms with E-state index in [2.05, 4.69) is 15.6 Å². The Morgan fingerprint density at radius 2 is 2.04 bits per heavy atom. The molecule has 2 aromatic rings. The third-order valence-corrected chi connectivity index (χ3v) is 4.51. The average Bonchev–Trinajstić information content (AvgIpc) is 2.64. The van der Waals surface area contributed by atoms with Crippen LogP contribution in [0.2, 0.25) is 5.02 Å². The molecule has 2 amide bonds. The summed E-state index contributed by atoms with van der Waals surface area (Å²) in [6.45, 7) is 0.365. The molecule has 25 heavy (non-hydrogen) atoms. The predicted octanol–water partition coefficient (Wildman–Crippen LogP) is 2.90. The number of amides is 2. The van der Waals surface area contributed by atoms with Crippen molar-refractivity contribution in [3.8, 4) is 0 Å². The lowest BCUT2D eigenvalue weighted by atomic mass is 10.1. The van der Waals surface area contributed by atoms with Gasteiger partial charge in [0.25, 0.3) is 5.91 Å². The minimum atomic E-state index is -0.618. The van der Waals surface area contributed by atoms with Crippen molar-refractivity contribution in [2.45, 2.75) is 19.0 Å². The quantitative estimate of drug-likeness (QED) is 0.742. The number of carbonyl (C=O) groups excluding carboxylic acids is 2. The zero-order valence-corrected chi connectivity index (χ0v) is 15.4. The van der Waals surface area contributed by atoms with E-state index in [9.17, 15) is 9.59 Å². The summed E-state index contributed by atoms with van der Waals surface area (Å²) in [6, 6.07) is 9.85. The second-order valence-electron chi connectivity index (χ2n) is 5.37. The molecule has 1 heterocycles. The number of carbonyl (C=O) groups is 2. The van der Waals surface area contributed by atoms with Crippen LogP contribution in [0.3, 0.4) is 0 Å². The molecule has 0 fully saturated rings. The number of pyridine rings is 1. The van der Waals surface area contributed by atoms with Crippen LogP contribution in [0.4, 0.5) is 0 Å². The SMILES string of the molecule is CSCC[C@H](NC(=O)c1ccccc1Cl)C(=O)NCc1cccnc1. The minimum Gasteiger partial charge on any atom is -0.350 e. The van der Waals surface area contributed by atoms with Gasteiger partial charge in [-0.2, -0.15) is 11.8 Å². The van der Waals surface area contributed by atoms with Crippen LogP contribution in [-0.2, 0) is 11.3 Å². The highest BCUT2D eigenvalue weighted by molar-refractivity contribution is 7.98. The predicted molar refractivity (Wildman–Crippen MR) is 102 cm³/mol. The molecule has 2 rings (SSSR count). The lowest BCUT2D eigenvalue weighted by Crippen LogP contribution is -2.47. The normalized spacial score (nSPS) is 11.6. The van der Waals surface area contributed by atoms with Gasteiger partial charge >= 0.3 is 0 Å². The molecule has 0 aliphatic heterocycles. The fourth-order valence-electron chi connectivity index (χ4n) is 2.20. The fourth-order valence-corrected chi connectivity index (χ4v) is 2.89. The standard InChI is InChI=1S/C18H20ClN3O2S/c1-25-10-8-16(18(24)21-12-13-5-4-9-20-11-13)22-17(23)14-6-2-3-7-15(14)19/h2-7,9,11,16H,8,10,12H2,1H3,(H,21,24)(H,22,23)/t16-/m0/s1. The van der Waals surface area contributed by atoms with Gasteiger partial charge in [-0.25, -0.2) is 0 Å². The molecule has 1 aromatic heterocycles. The summed E-state index contributed by atoms with van der Waals surface area (Å²) in [6.07, 6.45) is 5.87. The number of rotatable bonds is 8. The van der Waals surface area contributed by atoms with Crippen molar-refractivity contribution in [3.63, 3.8) is 0 Å². The molecular formula is C18H20ClN3O2S. The average molecular weight is 378 g/mol. The van der Waals surface area contributed by atoms with Gasteiger partial charge in [-0.3, -0.25) is 14.6 Å². The van der Waals surface area contributed by atoms with Crippen LogP contribution in [-0.4, -0.2) is 34.8 Å². The smallest absolute Gasteiger partial charge is 0.253 e. The van der Waals surface area contributed by atoms with Crippen LogP contribution in [0, 0.1) is 0 Å². The van der Waals surface area contributed by atoms with Crippen molar-refractivity contribution in [3.05, 3.63) is 64.9 Å². The molecule has 0 radical (unpaired) electrons. The molecule has 0 saturated carbocycles. The van der Waals surface area contributed by atoms with Gasteiger partial charge in [-0.05, 0) is 42.2 Å². The van der Waals surface area contributed by atoms with Gasteiger partial charge in [-0.1, -0.05) is 29.8 Å². The van der Waals surface area contributed by atoms with E-state index in [1.54, 1.807) is 48.4 Å². The third-order valence-electron chi connectivity index (χ3n) is 3.54. The molecule has 5 nitrogen and oxygen atoms in total. The van der Waals surface area contributed by atoms with Gasteiger partial charge in [0.1, 0.15) is 6.04 Å². The van der Waals surface area contributed by atoms with Crippen molar-refractivity contribution in [2.75, 3.05) is 12.0 Å². The van der Waals surface area contributed by atoms with E-state index < -0.39 is 6.04 Å². The van der Waals surface area contributed by atoms with Gasteiger partial charge in [0.2, 0.25) is 5.91 Å². The van der Waals surface area contributed by atoms with Crippen LogP contribution in [0.15, 0.2) is 48.8 Å². The summed E-state index contributed by atoms with van der Waals surface area (Å²) >= 11 is 7.68. The van der Waals surface area contributed by atoms with E-state index in [-0.39, 0.29) is 11.8 Å². The van der Waals surface area contributed by atoms with E-state index in [1.165, 1.54) is 0 Å². The maximum atomic E-state index is 12.5. The Labute approximate surface area is 156 Å². The highest BCUT2D eigenvalue weighted by Gasteiger charge is 2.21. The Balaban J connectivity index is 2.00. The van der Waals surface area contributed by atoms with E-state index >= 15 is 0 Å². The molecule has 2 N–H and O–H groups in total. The number of hydrogen-bond donors (Lipinski definition) is 2. The van der Waals surface area contributed by atoms with Crippen molar-refractivity contribution >= 4 is 35.2 Å². The van der Waals surface area contributed by atoms with Gasteiger partial charge in [0.15, 0.2) is 0 Å². The van der Waals surface area contributed by atoms with E-state index in [1.807, 2.05) is 18.4 Å². The molecule has 0 unspecified atom stereocenters. The summed E-state index contributed by atoms with van der Waals surface area (Å²) < 4.78 is 0. The lowest BCUT2D eigenvalue weighted by molar-refractivity contribution is -0.123. The fraction of sp³-hybridized carbons (Fsp3) is 0.278. The maximum absolute atomic E-state index is 12.5. The largest absolute Gasteiger partial charge is 0.350 e. The van der Waals surface area contributed by atoms with Crippen LogP contribution in [0.5, 0.6) is 0 Å². The highest BCUT2D eigenvalue weighted by Crippen LogP contribution is 2.15. The van der Waals surface area contributed by atoms with Crippen molar-refractivity contribution in [1.29, 1.82) is 0 Å². The van der Waals surface area contributed by atoms with E-state index in [0.29, 0.717) is 23.6 Å². The second-order valence-corrected chi connectivity index (χ2v) is 6.76. The zero-order valence-electron chi connectivity index (χ0n) is 13.9. The van der Waals surface area contributed by atoms with Crippen LogP contribution >= 0.6 is 23.4 Å². The molecule has 0 saturated heterocycles. The first-order valence-electron chi connectivity index (χ1n) is 7.82. The first kappa shape index (κ1) is 19.3. The number of benzene rings is 1. The molecule has 1 aromatic carbocycles. The van der Waals surface area contributed by atoms with E-state index in [0.717, 1.165) is 11.3 Å². The summed E-state index contributed by atoms with van der Waals surface area (Å²) in [5.74, 6) is 0.180. The van der Waals surface area contributed by atoms with Crippen molar-refractivity contribution < 1.29 is 9.59 Å². The molecule has 7 heteroatoms. The first-order chi connectivity index (χ1) is 12.1. The molecular weight excluding hydrogens is 358 g/mol. The maximum Gasteiger partial charge on any atom is 0.253 e. The number of aromatic nitrogens is 1. The van der Waals surface area contributed by atoms with Crippen molar-refractivity contribution in [2.24, 2.45) is 0 Å². The Morgan fingerprint density at radius 1 is 1.24 bits per heavy atom. The van der Waals surface area contributed by atoms with Crippen LogP contribution in [0.1, 0.15) is 22.3 Å². The first-order valence-corrected chi connectivity index (χ1v) is 9.60. The van der Waals surface area contributed by atoms with Crippen LogP contribution in [0.25, 0.3) is 0 Å². The number of thioether (sulfide) groups is 1. The number of nitrogens with zero attached hydrogens (tertiary/aromatic N) is 1. The van der Waals surface area contributed by atoms with Gasteiger partial charge < -0.3 is 10.6 Å². The Morgan fingerprint density at radius 3 is 2.72 bits per heavy atom. The molecule has 0 bridgehead atoms. The minimum absolute atomic E-state index is 0.224. The lowest BCUT2D eigenvalue weighted by Gasteiger charge is -2.18. The zero-order chi connectivity index (χ0) is 18.1. The molecule has 132 valence electrons. The summed E-state index contributed by atoms with van der Waals surface area (Å²) in [5.41, 5.74) is 1.26. The van der Waals surface area contributed by atoms with Gasteiger partial charge in [0.05, 0.1) is 10.6 Å². The second kappa shape index (κ2) is 10.1. The molecule has 0 spiro atoms. The van der Waals surface area contributed by atoms with Crippen LogP contribution < -0.4 is 10.6 Å². The Bertz CT molecular complexity index is 712. The topological polar surface area (TPSA) is 71.1 Å². The molecule has 0 aliphatic rings. The van der Waals surface area contributed by atoms with Gasteiger partial charge in [-0.15, -0.1) is 0 Å². The Hall–Kier alpha value is -2.05. The summed E-state index contributed by atoms with van der Waals surface area (Å²) in [5, 5.41) is 5.98. The monoisotopic (exact) mass is 377 g/mol. The summed E-state index contributed by atoms with van der Waals surface area (Å²) in [4.78, 5) is 28.9. The third kappa shape index (κ3) is 6.07. The molecule has 0 aliphatic carbocycles. The molecule has 1 atom stereocenters. The highest BCUT2D eigenvalue weighted by atomic mass is 35.5. The van der Waals surface area contributed by atoms with E-state index in [4.69, 9.17) is 11.6 Å². The van der Waals surface area contributed by atoms with Gasteiger partial charge in [0, 0.05) is 18.9 Å². The van der Waals surface area contributed by atoms with Crippen molar-refractivity contribution in [1.82, 2.24) is 15.6 Å². The number of hydrogen-bond acceptors (Lipinski definition) is 4. The number of nitrogens with one attached hydrogen (secondary N) is 2. The Kier molecular flexibility index (Phi) is 7.76. The summed E-state index contributed by atoms with van der Waals surface area (Å²) in [7, 11) is 0.